The molecule has 2 heterocycles. The van der Waals surface area contributed by atoms with Crippen molar-refractivity contribution in [1.82, 2.24) is 10.3 Å². The Morgan fingerprint density at radius 1 is 1.12 bits per heavy atom. The predicted octanol–water partition coefficient (Wildman–Crippen LogP) is 0.689. The van der Waals surface area contributed by atoms with Gasteiger partial charge in [0, 0.05) is 23.2 Å². The van der Waals surface area contributed by atoms with Gasteiger partial charge in [-0.3, -0.25) is 4.79 Å². The Labute approximate surface area is 202 Å². The Morgan fingerprint density at radius 3 is 2.15 bits per heavy atom. The summed E-state index contributed by atoms with van der Waals surface area (Å²) in [7, 11) is 0. The maximum Gasteiger partial charge on any atom is 0.335 e. The number of amides is 1. The van der Waals surface area contributed by atoms with E-state index in [9.17, 15) is 19.5 Å². The van der Waals surface area contributed by atoms with E-state index in [1.54, 1.807) is 6.07 Å². The molecule has 0 bridgehead atoms. The molecule has 11 nitrogen and oxygen atoms in total. The molecule has 0 spiro atoms. The third kappa shape index (κ3) is 10.6. The van der Waals surface area contributed by atoms with Gasteiger partial charge < -0.3 is 36.6 Å². The number of aliphatic carboxylic acids is 2. The van der Waals surface area contributed by atoms with Gasteiger partial charge in [-0.05, 0) is 32.9 Å². The number of aromatic nitrogens is 1. The standard InChI is InChI=1S/C15H21N3O2S3.C4H6O6/c1-15(2,3)17-6-9(19)7-21-14-18-10(8-22-14)11-4-5-12(23-11)13(16)20;5-1(3(7)8)2(6)4(9)10/h4-5,8-9,17,19H,6-7H2,1-3H3,(H2,16,20);1-2,5-6H,(H,7,8)(H,9,10). The van der Waals surface area contributed by atoms with Gasteiger partial charge in [0.05, 0.1) is 21.6 Å². The first kappa shape index (κ1) is 29.0. The van der Waals surface area contributed by atoms with Crippen LogP contribution in [0.4, 0.5) is 0 Å². The summed E-state index contributed by atoms with van der Waals surface area (Å²) in [4.78, 5) is 36.7. The zero-order valence-corrected chi connectivity index (χ0v) is 20.5. The Balaban J connectivity index is 0.000000461. The number of hydrogen-bond donors (Lipinski definition) is 7. The smallest absolute Gasteiger partial charge is 0.335 e. The highest BCUT2D eigenvalue weighted by molar-refractivity contribution is 8.01. The van der Waals surface area contributed by atoms with Crippen LogP contribution in [0, 0.1) is 0 Å². The number of nitrogens with zero attached hydrogens (tertiary/aromatic N) is 1. The molecule has 0 saturated carbocycles. The number of thioether (sulfide) groups is 1. The van der Waals surface area contributed by atoms with Gasteiger partial charge in [0.1, 0.15) is 0 Å². The van der Waals surface area contributed by atoms with E-state index in [0.29, 0.717) is 17.2 Å². The molecular formula is C19H27N3O8S3. The minimum Gasteiger partial charge on any atom is -0.479 e. The van der Waals surface area contributed by atoms with Crippen molar-refractivity contribution in [2.75, 3.05) is 12.3 Å². The van der Waals surface area contributed by atoms with Gasteiger partial charge in [0.25, 0.3) is 5.91 Å². The van der Waals surface area contributed by atoms with Crippen molar-refractivity contribution in [1.29, 1.82) is 0 Å². The molecule has 184 valence electrons. The molecule has 33 heavy (non-hydrogen) atoms. The van der Waals surface area contributed by atoms with Crippen molar-refractivity contribution < 1.29 is 39.9 Å². The van der Waals surface area contributed by atoms with Crippen molar-refractivity contribution in [2.24, 2.45) is 5.73 Å². The summed E-state index contributed by atoms with van der Waals surface area (Å²) in [5.41, 5.74) is 6.11. The maximum absolute atomic E-state index is 11.1. The Morgan fingerprint density at radius 2 is 1.70 bits per heavy atom. The number of carbonyl (C=O) groups is 3. The van der Waals surface area contributed by atoms with E-state index in [4.69, 9.17) is 26.2 Å². The topological polar surface area (TPSA) is 203 Å². The van der Waals surface area contributed by atoms with Crippen LogP contribution in [0.1, 0.15) is 30.4 Å². The number of thiazole rings is 1. The molecule has 0 aliphatic carbocycles. The molecular weight excluding hydrogens is 494 g/mol. The van der Waals surface area contributed by atoms with Gasteiger partial charge in [-0.25, -0.2) is 14.6 Å². The number of thiophene rings is 1. The van der Waals surface area contributed by atoms with Gasteiger partial charge in [0.2, 0.25) is 0 Å². The van der Waals surface area contributed by atoms with Crippen molar-refractivity contribution in [3.63, 3.8) is 0 Å². The van der Waals surface area contributed by atoms with Gasteiger partial charge in [-0.15, -0.1) is 22.7 Å². The normalized spacial score (nSPS) is 14.0. The van der Waals surface area contributed by atoms with Crippen molar-refractivity contribution >= 4 is 52.3 Å². The van der Waals surface area contributed by atoms with E-state index in [1.165, 1.54) is 34.4 Å². The molecule has 8 N–H and O–H groups in total. The van der Waals surface area contributed by atoms with Crippen LogP contribution in [-0.2, 0) is 9.59 Å². The highest BCUT2D eigenvalue weighted by Crippen LogP contribution is 2.32. The first-order valence-electron chi connectivity index (χ1n) is 9.44. The average Bonchev–Trinajstić information content (AvgIpc) is 3.38. The zero-order valence-electron chi connectivity index (χ0n) is 18.1. The van der Waals surface area contributed by atoms with E-state index >= 15 is 0 Å². The first-order valence-corrected chi connectivity index (χ1v) is 12.1. The Bertz CT molecular complexity index is 923. The summed E-state index contributed by atoms with van der Waals surface area (Å²) in [5, 5.41) is 47.8. The second-order valence-electron chi connectivity index (χ2n) is 7.69. The second-order valence-corrected chi connectivity index (χ2v) is 10.9. The number of hydrogen-bond acceptors (Lipinski definition) is 11. The van der Waals surface area contributed by atoms with Crippen molar-refractivity contribution in [3.8, 4) is 10.6 Å². The molecule has 2 aromatic heterocycles. The molecule has 0 fully saturated rings. The van der Waals surface area contributed by atoms with E-state index < -0.39 is 36.2 Å². The van der Waals surface area contributed by atoms with E-state index in [0.717, 1.165) is 14.9 Å². The Kier molecular flexibility index (Phi) is 11.4. The quantitative estimate of drug-likeness (QED) is 0.217. The predicted molar refractivity (Wildman–Crippen MR) is 126 cm³/mol. The molecule has 2 aromatic rings. The van der Waals surface area contributed by atoms with Crippen molar-refractivity contribution in [3.05, 3.63) is 22.4 Å². The molecule has 0 saturated heterocycles. The van der Waals surface area contributed by atoms with Crippen LogP contribution in [0.15, 0.2) is 21.9 Å². The monoisotopic (exact) mass is 521 g/mol. The minimum atomic E-state index is -2.27. The highest BCUT2D eigenvalue weighted by Gasteiger charge is 2.29. The lowest BCUT2D eigenvalue weighted by molar-refractivity contribution is -0.165. The van der Waals surface area contributed by atoms with Crippen LogP contribution in [-0.4, -0.2) is 84.5 Å². The number of carbonyl (C=O) groups excluding carboxylic acids is 1. The summed E-state index contributed by atoms with van der Waals surface area (Å²) in [6.07, 6.45) is -4.95. The molecule has 3 unspecified atom stereocenters. The van der Waals surface area contributed by atoms with E-state index in [-0.39, 0.29) is 5.54 Å². The van der Waals surface area contributed by atoms with Crippen LogP contribution in [0.5, 0.6) is 0 Å². The van der Waals surface area contributed by atoms with Crippen LogP contribution >= 0.6 is 34.4 Å². The van der Waals surface area contributed by atoms with Gasteiger partial charge >= 0.3 is 11.9 Å². The summed E-state index contributed by atoms with van der Waals surface area (Å²) < 4.78 is 0.906. The molecule has 3 atom stereocenters. The van der Waals surface area contributed by atoms with E-state index in [1.807, 2.05) is 11.4 Å². The van der Waals surface area contributed by atoms with Crippen molar-refractivity contribution in [2.45, 2.75) is 49.0 Å². The first-order chi connectivity index (χ1) is 15.2. The molecule has 2 rings (SSSR count). The lowest BCUT2D eigenvalue weighted by Crippen LogP contribution is -2.41. The molecule has 0 aliphatic rings. The Hall–Kier alpha value is -2.07. The number of carboxylic acids is 2. The third-order valence-corrected chi connectivity index (χ3v) is 6.94. The summed E-state index contributed by atoms with van der Waals surface area (Å²) >= 11 is 4.42. The maximum atomic E-state index is 11.1. The lowest BCUT2D eigenvalue weighted by atomic mass is 10.1. The summed E-state index contributed by atoms with van der Waals surface area (Å²) in [6.45, 7) is 6.77. The molecule has 0 aliphatic heterocycles. The fourth-order valence-electron chi connectivity index (χ4n) is 1.97. The molecule has 0 radical (unpaired) electrons. The number of aliphatic hydroxyl groups is 3. The second kappa shape index (κ2) is 13.0. The number of carboxylic acid groups (broad SMARTS) is 2. The fraction of sp³-hybridized carbons (Fsp3) is 0.474. The number of nitrogens with one attached hydrogen (secondary N) is 1. The van der Waals surface area contributed by atoms with E-state index in [2.05, 4.69) is 31.1 Å². The summed E-state index contributed by atoms with van der Waals surface area (Å²) in [5.74, 6) is -3.36. The number of nitrogens with two attached hydrogens (primary N) is 1. The molecule has 0 aromatic carbocycles. The average molecular weight is 522 g/mol. The highest BCUT2D eigenvalue weighted by atomic mass is 32.2. The van der Waals surface area contributed by atoms with Crippen LogP contribution in [0.2, 0.25) is 0 Å². The van der Waals surface area contributed by atoms with Crippen LogP contribution < -0.4 is 11.1 Å². The van der Waals surface area contributed by atoms with Gasteiger partial charge in [-0.2, -0.15) is 0 Å². The summed E-state index contributed by atoms with van der Waals surface area (Å²) in [6, 6.07) is 3.58. The van der Waals surface area contributed by atoms with Crippen LogP contribution in [0.3, 0.4) is 0 Å². The lowest BCUT2D eigenvalue weighted by Gasteiger charge is -2.22. The number of primary amides is 1. The van der Waals surface area contributed by atoms with Gasteiger partial charge in [-0.1, -0.05) is 11.8 Å². The SMILES string of the molecule is CC(C)(C)NCC(O)CSc1nc(-c2ccc(C(N)=O)s2)cs1.O=C(O)C(O)C(O)C(=O)O. The fourth-order valence-corrected chi connectivity index (χ4v) is 4.64. The number of aliphatic hydroxyl groups excluding tert-OH is 3. The van der Waals surface area contributed by atoms with Gasteiger partial charge in [0.15, 0.2) is 16.5 Å². The van der Waals surface area contributed by atoms with Crippen LogP contribution in [0.25, 0.3) is 10.6 Å². The molecule has 14 heteroatoms. The molecule has 1 amide bonds. The zero-order chi connectivity index (χ0) is 25.3. The number of rotatable bonds is 10. The largest absolute Gasteiger partial charge is 0.479 e. The minimum absolute atomic E-state index is 0.00268. The third-order valence-electron chi connectivity index (χ3n) is 3.66. The number of β-amino-alcohol motifs (C(OH)–C–C–N with tert-alkyl or cyclic N) is 1.